The number of fused-ring (bicyclic) bond motifs is 2. The Bertz CT molecular complexity index is 203. The fraction of sp³-hybridized carbons (Fsp3) is 1.00. The summed E-state index contributed by atoms with van der Waals surface area (Å²) in [6, 6.07) is 1.68. The molecule has 0 aromatic carbocycles. The summed E-state index contributed by atoms with van der Waals surface area (Å²) in [5, 5.41) is 3.90. The van der Waals surface area contributed by atoms with Crippen molar-refractivity contribution in [2.45, 2.75) is 31.3 Å². The first-order valence-corrected chi connectivity index (χ1v) is 7.13. The minimum Gasteiger partial charge on any atom is -0.310 e. The summed E-state index contributed by atoms with van der Waals surface area (Å²) in [4.78, 5) is 2.63. The maximum absolute atomic E-state index is 3.90. The lowest BCUT2D eigenvalue weighted by molar-refractivity contribution is 0.212. The Balaban J connectivity index is 1.56. The molecule has 3 rings (SSSR count). The fourth-order valence-corrected chi connectivity index (χ4v) is 4.30. The van der Waals surface area contributed by atoms with E-state index in [9.17, 15) is 0 Å². The molecule has 4 unspecified atom stereocenters. The number of nitrogens with one attached hydrogen (secondary N) is 1. The van der Waals surface area contributed by atoms with E-state index in [2.05, 4.69) is 22.0 Å². The SMILES string of the molecule is C1CC(NC2CCN3CCC2C3)CS1. The molecule has 1 N–H and O–H groups in total. The van der Waals surface area contributed by atoms with Gasteiger partial charge in [-0.1, -0.05) is 0 Å². The first kappa shape index (κ1) is 9.49. The molecule has 3 aliphatic rings. The van der Waals surface area contributed by atoms with Gasteiger partial charge in [0.1, 0.15) is 0 Å². The highest BCUT2D eigenvalue weighted by atomic mass is 32.2. The van der Waals surface area contributed by atoms with Crippen molar-refractivity contribution < 1.29 is 0 Å². The molecule has 0 aromatic heterocycles. The Morgan fingerprint density at radius 2 is 2.07 bits per heavy atom. The lowest BCUT2D eigenvalue weighted by Crippen LogP contribution is -2.47. The summed E-state index contributed by atoms with van der Waals surface area (Å²) >= 11 is 2.12. The second-order valence-electron chi connectivity index (χ2n) is 4.97. The summed E-state index contributed by atoms with van der Waals surface area (Å²) in [7, 11) is 0. The average molecular weight is 212 g/mol. The topological polar surface area (TPSA) is 15.3 Å². The largest absolute Gasteiger partial charge is 0.310 e. The van der Waals surface area contributed by atoms with Gasteiger partial charge in [-0.05, 0) is 44.0 Å². The molecule has 2 bridgehead atoms. The maximum atomic E-state index is 3.90. The van der Waals surface area contributed by atoms with Gasteiger partial charge in [-0.15, -0.1) is 0 Å². The van der Waals surface area contributed by atoms with Crippen LogP contribution >= 0.6 is 11.8 Å². The lowest BCUT2D eigenvalue weighted by Gasteiger charge is -2.33. The Morgan fingerprint density at radius 1 is 1.14 bits per heavy atom. The summed E-state index contributed by atoms with van der Waals surface area (Å²) < 4.78 is 0. The lowest BCUT2D eigenvalue weighted by atomic mass is 9.93. The number of piperidine rings is 1. The van der Waals surface area contributed by atoms with Crippen LogP contribution in [0.25, 0.3) is 0 Å². The van der Waals surface area contributed by atoms with Gasteiger partial charge in [-0.3, -0.25) is 0 Å². The number of nitrogens with zero attached hydrogens (tertiary/aromatic N) is 1. The van der Waals surface area contributed by atoms with E-state index in [-0.39, 0.29) is 0 Å². The van der Waals surface area contributed by atoms with Crippen molar-refractivity contribution in [1.29, 1.82) is 0 Å². The number of hydrogen-bond acceptors (Lipinski definition) is 3. The molecule has 3 fully saturated rings. The minimum atomic E-state index is 0.831. The van der Waals surface area contributed by atoms with Crippen molar-refractivity contribution in [3.05, 3.63) is 0 Å². The van der Waals surface area contributed by atoms with Gasteiger partial charge in [-0.25, -0.2) is 0 Å². The monoisotopic (exact) mass is 212 g/mol. The van der Waals surface area contributed by atoms with Crippen molar-refractivity contribution in [3.8, 4) is 0 Å². The molecule has 0 saturated carbocycles. The van der Waals surface area contributed by atoms with E-state index in [4.69, 9.17) is 0 Å². The van der Waals surface area contributed by atoms with E-state index < -0.39 is 0 Å². The Hall–Kier alpha value is 0.270. The van der Waals surface area contributed by atoms with Gasteiger partial charge in [0.05, 0.1) is 0 Å². The number of hydrogen-bond donors (Lipinski definition) is 1. The summed E-state index contributed by atoms with van der Waals surface area (Å²) in [6.45, 7) is 4.08. The first-order valence-electron chi connectivity index (χ1n) is 5.98. The maximum Gasteiger partial charge on any atom is 0.0168 e. The second kappa shape index (κ2) is 4.03. The van der Waals surface area contributed by atoms with Gasteiger partial charge in [0.2, 0.25) is 0 Å². The number of thioether (sulfide) groups is 1. The van der Waals surface area contributed by atoms with Crippen molar-refractivity contribution in [3.63, 3.8) is 0 Å². The Kier molecular flexibility index (Phi) is 2.73. The van der Waals surface area contributed by atoms with Crippen LogP contribution in [0.3, 0.4) is 0 Å². The second-order valence-corrected chi connectivity index (χ2v) is 6.12. The predicted octanol–water partition coefficient (Wildman–Crippen LogP) is 1.18. The molecule has 80 valence electrons. The molecule has 3 heteroatoms. The molecule has 0 amide bonds. The van der Waals surface area contributed by atoms with Crippen LogP contribution in [0.4, 0.5) is 0 Å². The molecule has 14 heavy (non-hydrogen) atoms. The van der Waals surface area contributed by atoms with Crippen LogP contribution in [-0.4, -0.2) is 48.1 Å². The fourth-order valence-electron chi connectivity index (χ4n) is 3.14. The van der Waals surface area contributed by atoms with Crippen LogP contribution < -0.4 is 5.32 Å². The van der Waals surface area contributed by atoms with Crippen molar-refractivity contribution in [1.82, 2.24) is 10.2 Å². The molecule has 2 nitrogen and oxygen atoms in total. The third-order valence-corrected chi connectivity index (χ3v) is 5.18. The smallest absolute Gasteiger partial charge is 0.0168 e. The zero-order valence-electron chi connectivity index (χ0n) is 8.74. The first-order chi connectivity index (χ1) is 6.92. The molecule has 3 heterocycles. The van der Waals surface area contributed by atoms with Crippen molar-refractivity contribution in [2.24, 2.45) is 5.92 Å². The average Bonchev–Trinajstić information content (AvgIpc) is 2.80. The molecule has 0 aliphatic carbocycles. The van der Waals surface area contributed by atoms with Gasteiger partial charge in [-0.2, -0.15) is 11.8 Å². The zero-order chi connectivity index (χ0) is 9.38. The predicted molar refractivity (Wildman–Crippen MR) is 61.8 cm³/mol. The zero-order valence-corrected chi connectivity index (χ0v) is 9.56. The molecule has 0 aromatic rings. The summed E-state index contributed by atoms with van der Waals surface area (Å²) in [5.41, 5.74) is 0. The minimum absolute atomic E-state index is 0.831. The molecule has 3 saturated heterocycles. The van der Waals surface area contributed by atoms with E-state index in [1.807, 2.05) is 0 Å². The van der Waals surface area contributed by atoms with Gasteiger partial charge >= 0.3 is 0 Å². The van der Waals surface area contributed by atoms with Crippen LogP contribution in [0.15, 0.2) is 0 Å². The van der Waals surface area contributed by atoms with Crippen molar-refractivity contribution in [2.75, 3.05) is 31.1 Å². The molecule has 0 spiro atoms. The summed E-state index contributed by atoms with van der Waals surface area (Å²) in [5.74, 6) is 3.70. The van der Waals surface area contributed by atoms with Gasteiger partial charge in [0.25, 0.3) is 0 Å². The van der Waals surface area contributed by atoms with Gasteiger partial charge in [0.15, 0.2) is 0 Å². The van der Waals surface area contributed by atoms with E-state index in [0.717, 1.165) is 18.0 Å². The molecular weight excluding hydrogens is 192 g/mol. The Morgan fingerprint density at radius 3 is 2.93 bits per heavy atom. The van der Waals surface area contributed by atoms with E-state index in [1.165, 1.54) is 50.4 Å². The highest BCUT2D eigenvalue weighted by molar-refractivity contribution is 7.99. The molecule has 0 radical (unpaired) electrons. The molecular formula is C11H20N2S. The quantitative estimate of drug-likeness (QED) is 0.740. The Labute approximate surface area is 90.8 Å². The van der Waals surface area contributed by atoms with Crippen LogP contribution in [-0.2, 0) is 0 Å². The molecule has 4 atom stereocenters. The highest BCUT2D eigenvalue weighted by Crippen LogP contribution is 2.28. The van der Waals surface area contributed by atoms with Crippen molar-refractivity contribution >= 4 is 11.8 Å². The standard InChI is InChI=1S/C11H20N2S/c1-4-13-5-2-11(9(1)7-13)12-10-3-6-14-8-10/h9-12H,1-8H2. The molecule has 3 aliphatic heterocycles. The van der Waals surface area contributed by atoms with Gasteiger partial charge in [0, 0.05) is 24.4 Å². The third-order valence-electron chi connectivity index (χ3n) is 4.01. The van der Waals surface area contributed by atoms with Gasteiger partial charge < -0.3 is 10.2 Å². The summed E-state index contributed by atoms with van der Waals surface area (Å²) in [6.07, 6.45) is 4.24. The number of rotatable bonds is 2. The van der Waals surface area contributed by atoms with Crippen LogP contribution in [0, 0.1) is 5.92 Å². The van der Waals surface area contributed by atoms with E-state index in [1.54, 1.807) is 0 Å². The highest BCUT2D eigenvalue weighted by Gasteiger charge is 2.35. The normalized spacial score (nSPS) is 47.1. The van der Waals surface area contributed by atoms with Crippen LogP contribution in [0.1, 0.15) is 19.3 Å². The van der Waals surface area contributed by atoms with E-state index in [0.29, 0.717) is 0 Å². The van der Waals surface area contributed by atoms with Crippen LogP contribution in [0.2, 0.25) is 0 Å². The van der Waals surface area contributed by atoms with E-state index >= 15 is 0 Å². The third kappa shape index (κ3) is 1.82. The van der Waals surface area contributed by atoms with Crippen LogP contribution in [0.5, 0.6) is 0 Å².